The van der Waals surface area contributed by atoms with Crippen molar-refractivity contribution in [2.75, 3.05) is 11.9 Å². The number of nitrogens with two attached hydrogens (primary N) is 1. The van der Waals surface area contributed by atoms with E-state index < -0.39 is 0 Å². The number of aryl methyl sites for hydroxylation is 1. The third-order valence-corrected chi connectivity index (χ3v) is 3.83. The SMILES string of the molecule is Cc1cc(N(C)C2CCCC2)ccc1CN. The Labute approximate surface area is 98.4 Å². The predicted octanol–water partition coefficient (Wildman–Crippen LogP) is 2.83. The van der Waals surface area contributed by atoms with E-state index in [0.29, 0.717) is 6.54 Å². The van der Waals surface area contributed by atoms with Gasteiger partial charge in [0.1, 0.15) is 0 Å². The van der Waals surface area contributed by atoms with Crippen LogP contribution in [0.5, 0.6) is 0 Å². The Kier molecular flexibility index (Phi) is 3.49. The van der Waals surface area contributed by atoms with Crippen LogP contribution in [0.4, 0.5) is 5.69 Å². The maximum Gasteiger partial charge on any atom is 0.0368 e. The first-order valence-corrected chi connectivity index (χ1v) is 6.25. The molecule has 2 N–H and O–H groups in total. The fourth-order valence-electron chi connectivity index (χ4n) is 2.63. The largest absolute Gasteiger partial charge is 0.372 e. The second kappa shape index (κ2) is 4.88. The summed E-state index contributed by atoms with van der Waals surface area (Å²) in [6.45, 7) is 2.79. The van der Waals surface area contributed by atoms with Crippen molar-refractivity contribution in [2.24, 2.45) is 5.73 Å². The summed E-state index contributed by atoms with van der Waals surface area (Å²) >= 11 is 0. The first kappa shape index (κ1) is 11.5. The van der Waals surface area contributed by atoms with E-state index in [2.05, 4.69) is 37.1 Å². The average molecular weight is 218 g/mol. The van der Waals surface area contributed by atoms with Crippen LogP contribution in [-0.2, 0) is 6.54 Å². The van der Waals surface area contributed by atoms with Crippen LogP contribution in [0.15, 0.2) is 18.2 Å². The average Bonchev–Trinajstić information content (AvgIpc) is 2.81. The van der Waals surface area contributed by atoms with E-state index in [9.17, 15) is 0 Å². The molecule has 0 amide bonds. The topological polar surface area (TPSA) is 29.3 Å². The molecule has 0 spiro atoms. The second-order valence-corrected chi connectivity index (χ2v) is 4.86. The molecule has 0 unspecified atom stereocenters. The first-order chi connectivity index (χ1) is 7.72. The van der Waals surface area contributed by atoms with E-state index in [1.807, 2.05) is 0 Å². The highest BCUT2D eigenvalue weighted by Crippen LogP contribution is 2.27. The molecule has 1 aliphatic carbocycles. The summed E-state index contributed by atoms with van der Waals surface area (Å²) in [6, 6.07) is 7.37. The molecule has 88 valence electrons. The third-order valence-electron chi connectivity index (χ3n) is 3.83. The van der Waals surface area contributed by atoms with Crippen LogP contribution < -0.4 is 10.6 Å². The molecule has 0 aliphatic heterocycles. The minimum Gasteiger partial charge on any atom is -0.372 e. The number of anilines is 1. The van der Waals surface area contributed by atoms with E-state index in [4.69, 9.17) is 5.73 Å². The van der Waals surface area contributed by atoms with Gasteiger partial charge in [-0.2, -0.15) is 0 Å². The number of nitrogens with zero attached hydrogens (tertiary/aromatic N) is 1. The van der Waals surface area contributed by atoms with Gasteiger partial charge in [0.15, 0.2) is 0 Å². The lowest BCUT2D eigenvalue weighted by atomic mass is 10.1. The summed E-state index contributed by atoms with van der Waals surface area (Å²) in [7, 11) is 2.22. The lowest BCUT2D eigenvalue weighted by Gasteiger charge is -2.27. The molecule has 1 saturated carbocycles. The zero-order chi connectivity index (χ0) is 11.5. The molecule has 0 aromatic heterocycles. The molecule has 1 aromatic carbocycles. The summed E-state index contributed by atoms with van der Waals surface area (Å²) in [5, 5.41) is 0. The smallest absolute Gasteiger partial charge is 0.0368 e. The number of hydrogen-bond donors (Lipinski definition) is 1. The lowest BCUT2D eigenvalue weighted by molar-refractivity contribution is 0.653. The van der Waals surface area contributed by atoms with Crippen molar-refractivity contribution < 1.29 is 0 Å². The van der Waals surface area contributed by atoms with E-state index in [0.717, 1.165) is 6.04 Å². The van der Waals surface area contributed by atoms with E-state index in [1.54, 1.807) is 0 Å². The standard InChI is InChI=1S/C14H22N2/c1-11-9-14(8-7-12(11)10-15)16(2)13-5-3-4-6-13/h7-9,13H,3-6,10,15H2,1-2H3. The van der Waals surface area contributed by atoms with E-state index in [1.165, 1.54) is 42.5 Å². The van der Waals surface area contributed by atoms with Crippen LogP contribution in [0.1, 0.15) is 36.8 Å². The lowest BCUT2D eigenvalue weighted by Crippen LogP contribution is -2.28. The Morgan fingerprint density at radius 3 is 2.56 bits per heavy atom. The number of hydrogen-bond acceptors (Lipinski definition) is 2. The Morgan fingerprint density at radius 2 is 2.00 bits per heavy atom. The van der Waals surface area contributed by atoms with Crippen LogP contribution in [0.3, 0.4) is 0 Å². The molecule has 2 heteroatoms. The molecular formula is C14H22N2. The third kappa shape index (κ3) is 2.22. The quantitative estimate of drug-likeness (QED) is 0.845. The van der Waals surface area contributed by atoms with Gasteiger partial charge in [-0.05, 0) is 43.0 Å². The van der Waals surface area contributed by atoms with E-state index in [-0.39, 0.29) is 0 Å². The second-order valence-electron chi connectivity index (χ2n) is 4.86. The molecular weight excluding hydrogens is 196 g/mol. The maximum absolute atomic E-state index is 5.69. The predicted molar refractivity (Wildman–Crippen MR) is 69.7 cm³/mol. The van der Waals surface area contributed by atoms with Gasteiger partial charge in [0.25, 0.3) is 0 Å². The number of rotatable bonds is 3. The van der Waals surface area contributed by atoms with Crippen molar-refractivity contribution in [3.63, 3.8) is 0 Å². The van der Waals surface area contributed by atoms with Crippen LogP contribution >= 0.6 is 0 Å². The van der Waals surface area contributed by atoms with Crippen LogP contribution in [0.25, 0.3) is 0 Å². The molecule has 0 saturated heterocycles. The molecule has 0 radical (unpaired) electrons. The summed E-state index contributed by atoms with van der Waals surface area (Å²) in [6.07, 6.45) is 5.45. The van der Waals surface area contributed by atoms with Crippen molar-refractivity contribution in [2.45, 2.75) is 45.2 Å². The van der Waals surface area contributed by atoms with Crippen LogP contribution in [0, 0.1) is 6.92 Å². The zero-order valence-electron chi connectivity index (χ0n) is 10.4. The highest BCUT2D eigenvalue weighted by Gasteiger charge is 2.19. The molecule has 0 atom stereocenters. The summed E-state index contributed by atoms with van der Waals surface area (Å²) in [4.78, 5) is 2.43. The van der Waals surface area contributed by atoms with Crippen LogP contribution in [-0.4, -0.2) is 13.1 Å². The van der Waals surface area contributed by atoms with Crippen molar-refractivity contribution in [3.05, 3.63) is 29.3 Å². The highest BCUT2D eigenvalue weighted by molar-refractivity contribution is 5.51. The van der Waals surface area contributed by atoms with Gasteiger partial charge >= 0.3 is 0 Å². The zero-order valence-corrected chi connectivity index (χ0v) is 10.4. The van der Waals surface area contributed by atoms with Gasteiger partial charge in [0.2, 0.25) is 0 Å². The van der Waals surface area contributed by atoms with Gasteiger partial charge < -0.3 is 10.6 Å². The minimum absolute atomic E-state index is 0.638. The Balaban J connectivity index is 2.16. The van der Waals surface area contributed by atoms with Crippen LogP contribution in [0.2, 0.25) is 0 Å². The van der Waals surface area contributed by atoms with Crippen molar-refractivity contribution in [3.8, 4) is 0 Å². The summed E-state index contributed by atoms with van der Waals surface area (Å²) < 4.78 is 0. The molecule has 1 fully saturated rings. The van der Waals surface area contributed by atoms with E-state index >= 15 is 0 Å². The monoisotopic (exact) mass is 218 g/mol. The Hall–Kier alpha value is -1.02. The Morgan fingerprint density at radius 1 is 1.31 bits per heavy atom. The number of benzene rings is 1. The Bertz CT molecular complexity index is 354. The molecule has 2 nitrogen and oxygen atoms in total. The fraction of sp³-hybridized carbons (Fsp3) is 0.571. The van der Waals surface area contributed by atoms with Gasteiger partial charge in [-0.25, -0.2) is 0 Å². The van der Waals surface area contributed by atoms with Crippen molar-refractivity contribution in [1.82, 2.24) is 0 Å². The maximum atomic E-state index is 5.69. The fourth-order valence-corrected chi connectivity index (χ4v) is 2.63. The van der Waals surface area contributed by atoms with Crippen molar-refractivity contribution in [1.29, 1.82) is 0 Å². The molecule has 2 rings (SSSR count). The summed E-state index contributed by atoms with van der Waals surface area (Å²) in [5.74, 6) is 0. The molecule has 1 aromatic rings. The van der Waals surface area contributed by atoms with Crippen molar-refractivity contribution >= 4 is 5.69 Å². The van der Waals surface area contributed by atoms with Gasteiger partial charge in [-0.3, -0.25) is 0 Å². The minimum atomic E-state index is 0.638. The van der Waals surface area contributed by atoms with Gasteiger partial charge in [0, 0.05) is 25.3 Å². The van der Waals surface area contributed by atoms with Gasteiger partial charge in [-0.1, -0.05) is 18.9 Å². The molecule has 0 heterocycles. The van der Waals surface area contributed by atoms with Gasteiger partial charge in [-0.15, -0.1) is 0 Å². The molecule has 16 heavy (non-hydrogen) atoms. The molecule has 0 bridgehead atoms. The summed E-state index contributed by atoms with van der Waals surface area (Å²) in [5.41, 5.74) is 9.58. The molecule has 1 aliphatic rings. The van der Waals surface area contributed by atoms with Gasteiger partial charge in [0.05, 0.1) is 0 Å². The highest BCUT2D eigenvalue weighted by atomic mass is 15.1. The first-order valence-electron chi connectivity index (χ1n) is 6.25. The normalized spacial score (nSPS) is 16.7.